The zero-order chi connectivity index (χ0) is 19.8. The van der Waals surface area contributed by atoms with Crippen molar-refractivity contribution in [3.05, 3.63) is 94.2 Å². The number of halogens is 3. The molecule has 140 valence electrons. The Balaban J connectivity index is 2.29. The summed E-state index contributed by atoms with van der Waals surface area (Å²) in [6.07, 6.45) is -1.60. The second-order valence-corrected chi connectivity index (χ2v) is 7.08. The molecule has 2 aromatic rings. The predicted molar refractivity (Wildman–Crippen MR) is 105 cm³/mol. The Labute approximate surface area is 158 Å². The van der Waals surface area contributed by atoms with Crippen molar-refractivity contribution in [2.45, 2.75) is 20.0 Å². The second-order valence-electron chi connectivity index (χ2n) is 7.08. The molecule has 0 unspecified atom stereocenters. The third kappa shape index (κ3) is 4.00. The van der Waals surface area contributed by atoms with E-state index in [9.17, 15) is 13.2 Å². The minimum absolute atomic E-state index is 0.201. The van der Waals surface area contributed by atoms with Crippen molar-refractivity contribution >= 4 is 11.1 Å². The molecule has 0 spiro atoms. The molecule has 0 fully saturated rings. The fraction of sp³-hybridized carbons (Fsp3) is 0.217. The van der Waals surface area contributed by atoms with Gasteiger partial charge in [0.2, 0.25) is 0 Å². The van der Waals surface area contributed by atoms with E-state index in [1.54, 1.807) is 25.2 Å². The summed E-state index contributed by atoms with van der Waals surface area (Å²) in [5.74, 6) is 0. The number of aryl methyl sites for hydroxylation is 2. The van der Waals surface area contributed by atoms with Crippen LogP contribution in [0.3, 0.4) is 0 Å². The van der Waals surface area contributed by atoms with Crippen molar-refractivity contribution in [3.63, 3.8) is 0 Å². The molecule has 0 saturated carbocycles. The summed E-state index contributed by atoms with van der Waals surface area (Å²) < 4.78 is 41.4. The third-order valence-electron chi connectivity index (χ3n) is 4.51. The quantitative estimate of drug-likeness (QED) is 0.626. The summed E-state index contributed by atoms with van der Waals surface area (Å²) >= 11 is 0. The first-order valence-electron chi connectivity index (χ1n) is 8.73. The van der Waals surface area contributed by atoms with E-state index in [4.69, 9.17) is 0 Å². The number of hydrogen-bond acceptors (Lipinski definition) is 1. The first-order chi connectivity index (χ1) is 12.7. The molecule has 1 aliphatic rings. The molecular formula is C23H22F3N. The number of nitrogens with zero attached hydrogens (tertiary/aromatic N) is 1. The van der Waals surface area contributed by atoms with Gasteiger partial charge in [-0.2, -0.15) is 13.2 Å². The molecule has 0 N–H and O–H groups in total. The van der Waals surface area contributed by atoms with Crippen LogP contribution in [-0.2, 0) is 0 Å². The lowest BCUT2D eigenvalue weighted by atomic mass is 9.92. The summed E-state index contributed by atoms with van der Waals surface area (Å²) in [5.41, 5.74) is 4.49. The average molecular weight is 369 g/mol. The SMILES string of the molecule is Cc1ccc(C2=C(c3ccc(C)cc3)/C(=C\N(C)C)C(C(F)(F)F)=C2)cc1. The van der Waals surface area contributed by atoms with Crippen LogP contribution in [0.15, 0.2) is 72.0 Å². The summed E-state index contributed by atoms with van der Waals surface area (Å²) in [6.45, 7) is 3.92. The summed E-state index contributed by atoms with van der Waals surface area (Å²) in [5, 5.41) is 0. The van der Waals surface area contributed by atoms with Crippen LogP contribution >= 0.6 is 0 Å². The van der Waals surface area contributed by atoms with Crippen LogP contribution in [0, 0.1) is 13.8 Å². The Hall–Kier alpha value is -2.75. The number of allylic oxidation sites excluding steroid dienone is 5. The average Bonchev–Trinajstić information content (AvgIpc) is 2.95. The number of alkyl halides is 3. The Morgan fingerprint density at radius 2 is 1.26 bits per heavy atom. The lowest BCUT2D eigenvalue weighted by Crippen LogP contribution is -2.15. The monoisotopic (exact) mass is 369 g/mol. The van der Waals surface area contributed by atoms with Gasteiger partial charge in [-0.05, 0) is 42.2 Å². The molecular weight excluding hydrogens is 347 g/mol. The van der Waals surface area contributed by atoms with Crippen LogP contribution in [0.4, 0.5) is 13.2 Å². The highest BCUT2D eigenvalue weighted by molar-refractivity contribution is 6.08. The Bertz CT molecular complexity index is 925. The lowest BCUT2D eigenvalue weighted by Gasteiger charge is -2.17. The van der Waals surface area contributed by atoms with Crippen molar-refractivity contribution in [2.24, 2.45) is 0 Å². The molecule has 2 aromatic carbocycles. The van der Waals surface area contributed by atoms with Crippen LogP contribution in [0.1, 0.15) is 22.3 Å². The molecule has 4 heteroatoms. The Morgan fingerprint density at radius 1 is 0.778 bits per heavy atom. The molecule has 0 amide bonds. The first kappa shape index (κ1) is 19.0. The third-order valence-corrected chi connectivity index (χ3v) is 4.51. The van der Waals surface area contributed by atoms with Gasteiger partial charge in [-0.15, -0.1) is 0 Å². The number of benzene rings is 2. The van der Waals surface area contributed by atoms with Gasteiger partial charge >= 0.3 is 6.18 Å². The van der Waals surface area contributed by atoms with Crippen LogP contribution in [0.25, 0.3) is 11.1 Å². The van der Waals surface area contributed by atoms with Gasteiger partial charge in [0.25, 0.3) is 0 Å². The van der Waals surface area contributed by atoms with E-state index < -0.39 is 11.7 Å². The van der Waals surface area contributed by atoms with Crippen LogP contribution in [-0.4, -0.2) is 25.2 Å². The maximum Gasteiger partial charge on any atom is 0.417 e. The summed E-state index contributed by atoms with van der Waals surface area (Å²) in [4.78, 5) is 1.65. The van der Waals surface area contributed by atoms with Gasteiger partial charge in [0, 0.05) is 25.9 Å². The lowest BCUT2D eigenvalue weighted by molar-refractivity contribution is -0.0887. The summed E-state index contributed by atoms with van der Waals surface area (Å²) in [6, 6.07) is 15.2. The van der Waals surface area contributed by atoms with E-state index in [0.29, 0.717) is 11.1 Å². The largest absolute Gasteiger partial charge is 0.417 e. The predicted octanol–water partition coefficient (Wildman–Crippen LogP) is 6.16. The van der Waals surface area contributed by atoms with Crippen molar-refractivity contribution in [1.82, 2.24) is 4.90 Å². The normalized spacial score (nSPS) is 16.1. The maximum atomic E-state index is 13.8. The van der Waals surface area contributed by atoms with E-state index in [1.165, 1.54) is 6.08 Å². The van der Waals surface area contributed by atoms with E-state index in [-0.39, 0.29) is 5.57 Å². The van der Waals surface area contributed by atoms with Crippen molar-refractivity contribution in [3.8, 4) is 0 Å². The van der Waals surface area contributed by atoms with Gasteiger partial charge in [-0.3, -0.25) is 0 Å². The number of rotatable bonds is 3. The maximum absolute atomic E-state index is 13.8. The molecule has 1 nitrogen and oxygen atoms in total. The standard InChI is InChI=1S/C23H22F3N/c1-15-5-9-17(10-6-15)19-13-21(23(24,25)26)20(14-27(3)4)22(19)18-11-7-16(2)8-12-18/h5-14H,1-4H3/b20-14-. The molecule has 0 heterocycles. The van der Waals surface area contributed by atoms with Crippen LogP contribution in [0.5, 0.6) is 0 Å². The van der Waals surface area contributed by atoms with Crippen LogP contribution in [0.2, 0.25) is 0 Å². The zero-order valence-corrected chi connectivity index (χ0v) is 15.9. The molecule has 27 heavy (non-hydrogen) atoms. The molecule has 0 radical (unpaired) electrons. The van der Waals surface area contributed by atoms with E-state index >= 15 is 0 Å². The fourth-order valence-electron chi connectivity index (χ4n) is 3.19. The Kier molecular flexibility index (Phi) is 5.01. The highest BCUT2D eigenvalue weighted by Gasteiger charge is 2.41. The van der Waals surface area contributed by atoms with Gasteiger partial charge in [0.15, 0.2) is 0 Å². The van der Waals surface area contributed by atoms with Crippen molar-refractivity contribution in [1.29, 1.82) is 0 Å². The molecule has 0 saturated heterocycles. The highest BCUT2D eigenvalue weighted by Crippen LogP contribution is 2.48. The first-order valence-corrected chi connectivity index (χ1v) is 8.73. The van der Waals surface area contributed by atoms with Gasteiger partial charge in [-0.25, -0.2) is 0 Å². The molecule has 0 aromatic heterocycles. The molecule has 3 rings (SSSR count). The van der Waals surface area contributed by atoms with E-state index in [2.05, 4.69) is 0 Å². The van der Waals surface area contributed by atoms with Crippen molar-refractivity contribution in [2.75, 3.05) is 14.1 Å². The Morgan fingerprint density at radius 3 is 1.70 bits per heavy atom. The molecule has 0 aliphatic heterocycles. The second kappa shape index (κ2) is 7.10. The van der Waals surface area contributed by atoms with Gasteiger partial charge in [-0.1, -0.05) is 59.7 Å². The molecule has 0 bridgehead atoms. The molecule has 0 atom stereocenters. The highest BCUT2D eigenvalue weighted by atomic mass is 19.4. The van der Waals surface area contributed by atoms with Crippen LogP contribution < -0.4 is 0 Å². The van der Waals surface area contributed by atoms with Gasteiger partial charge in [0.1, 0.15) is 0 Å². The van der Waals surface area contributed by atoms with Crippen molar-refractivity contribution < 1.29 is 13.2 Å². The minimum Gasteiger partial charge on any atom is -0.383 e. The van der Waals surface area contributed by atoms with E-state index in [1.807, 2.05) is 62.4 Å². The fourth-order valence-corrected chi connectivity index (χ4v) is 3.19. The smallest absolute Gasteiger partial charge is 0.383 e. The van der Waals surface area contributed by atoms with Gasteiger partial charge < -0.3 is 4.90 Å². The molecule has 1 aliphatic carbocycles. The summed E-state index contributed by atoms with van der Waals surface area (Å²) in [7, 11) is 3.47. The minimum atomic E-state index is -4.43. The number of hydrogen-bond donors (Lipinski definition) is 0. The zero-order valence-electron chi connectivity index (χ0n) is 15.9. The van der Waals surface area contributed by atoms with E-state index in [0.717, 1.165) is 22.3 Å². The topological polar surface area (TPSA) is 3.24 Å². The van der Waals surface area contributed by atoms with Gasteiger partial charge in [0.05, 0.1) is 5.57 Å².